The van der Waals surface area contributed by atoms with E-state index in [1.807, 2.05) is 60.7 Å². The minimum atomic E-state index is -0.333. The highest BCUT2D eigenvalue weighted by atomic mass is 16.5. The van der Waals surface area contributed by atoms with E-state index in [0.29, 0.717) is 0 Å². The van der Waals surface area contributed by atoms with Gasteiger partial charge in [-0.1, -0.05) is 72.8 Å². The minimum absolute atomic E-state index is 0.329. The Morgan fingerprint density at radius 2 is 1.04 bits per heavy atom. The summed E-state index contributed by atoms with van der Waals surface area (Å²) >= 11 is 0. The van der Waals surface area contributed by atoms with Crippen molar-refractivity contribution < 1.29 is 4.74 Å². The van der Waals surface area contributed by atoms with Crippen molar-refractivity contribution >= 4 is 0 Å². The van der Waals surface area contributed by atoms with Crippen LogP contribution in [0.15, 0.2) is 86.0 Å². The molecular weight excluding hydrogens is 284 g/mol. The van der Waals surface area contributed by atoms with Gasteiger partial charge in [0.25, 0.3) is 0 Å². The third-order valence-corrected chi connectivity index (χ3v) is 3.79. The van der Waals surface area contributed by atoms with Gasteiger partial charge >= 0.3 is 0 Å². The van der Waals surface area contributed by atoms with Crippen LogP contribution in [0.25, 0.3) is 0 Å². The summed E-state index contributed by atoms with van der Waals surface area (Å²) in [5.41, 5.74) is 14.4. The van der Waals surface area contributed by atoms with E-state index in [1.165, 1.54) is 0 Å². The van der Waals surface area contributed by atoms with Gasteiger partial charge in [-0.05, 0) is 11.1 Å². The number of hydrogen-bond acceptors (Lipinski definition) is 3. The van der Waals surface area contributed by atoms with Gasteiger partial charge in [0.1, 0.15) is 12.2 Å². The fourth-order valence-corrected chi connectivity index (χ4v) is 2.47. The standard InChI is InChI=1S/C20H24N2O/c1-3-17(21)19(15-11-7-5-8-12-15)23-20(18(22)4-2)16-13-9-6-10-14-16/h3-14,17-20H,1-2,21-22H2. The Morgan fingerprint density at radius 1 is 0.696 bits per heavy atom. The summed E-state index contributed by atoms with van der Waals surface area (Å²) in [6.45, 7) is 7.59. The summed E-state index contributed by atoms with van der Waals surface area (Å²) in [5.74, 6) is 0. The van der Waals surface area contributed by atoms with Crippen LogP contribution in [0.1, 0.15) is 23.3 Å². The first-order valence-electron chi connectivity index (χ1n) is 7.69. The molecule has 0 saturated heterocycles. The van der Waals surface area contributed by atoms with Crippen LogP contribution in [-0.2, 0) is 4.74 Å². The van der Waals surface area contributed by atoms with Crippen molar-refractivity contribution in [3.63, 3.8) is 0 Å². The molecule has 4 atom stereocenters. The highest BCUT2D eigenvalue weighted by molar-refractivity contribution is 5.24. The predicted octanol–water partition coefficient (Wildman–Crippen LogP) is 3.51. The Hall–Kier alpha value is -2.20. The van der Waals surface area contributed by atoms with E-state index in [2.05, 4.69) is 13.2 Å². The van der Waals surface area contributed by atoms with Crippen molar-refractivity contribution in [3.8, 4) is 0 Å². The number of ether oxygens (including phenoxy) is 1. The normalized spacial score (nSPS) is 16.1. The Balaban J connectivity index is 2.34. The predicted molar refractivity (Wildman–Crippen MR) is 95.8 cm³/mol. The van der Waals surface area contributed by atoms with Crippen molar-refractivity contribution in [2.75, 3.05) is 0 Å². The van der Waals surface area contributed by atoms with E-state index in [4.69, 9.17) is 16.2 Å². The van der Waals surface area contributed by atoms with E-state index in [-0.39, 0.29) is 24.3 Å². The van der Waals surface area contributed by atoms with E-state index in [1.54, 1.807) is 12.2 Å². The van der Waals surface area contributed by atoms with Gasteiger partial charge < -0.3 is 16.2 Å². The highest BCUT2D eigenvalue weighted by Gasteiger charge is 2.26. The second-order valence-electron chi connectivity index (χ2n) is 5.42. The monoisotopic (exact) mass is 308 g/mol. The molecule has 2 aromatic rings. The van der Waals surface area contributed by atoms with Gasteiger partial charge in [0.05, 0.1) is 12.1 Å². The molecule has 0 aliphatic carbocycles. The van der Waals surface area contributed by atoms with E-state index >= 15 is 0 Å². The number of rotatable bonds is 8. The van der Waals surface area contributed by atoms with Gasteiger partial charge in [-0.3, -0.25) is 0 Å². The zero-order valence-electron chi connectivity index (χ0n) is 13.2. The van der Waals surface area contributed by atoms with Gasteiger partial charge in [0.15, 0.2) is 0 Å². The molecule has 2 rings (SSSR count). The molecule has 0 fully saturated rings. The number of hydrogen-bond donors (Lipinski definition) is 2. The van der Waals surface area contributed by atoms with E-state index in [0.717, 1.165) is 11.1 Å². The smallest absolute Gasteiger partial charge is 0.102 e. The van der Waals surface area contributed by atoms with Gasteiger partial charge in [-0.15, -0.1) is 13.2 Å². The third-order valence-electron chi connectivity index (χ3n) is 3.79. The summed E-state index contributed by atoms with van der Waals surface area (Å²) in [5, 5.41) is 0. The molecule has 0 bridgehead atoms. The van der Waals surface area contributed by atoms with Crippen LogP contribution in [-0.4, -0.2) is 12.1 Å². The molecule has 0 saturated carbocycles. The third kappa shape index (κ3) is 4.39. The molecule has 0 amide bonds. The molecule has 4 N–H and O–H groups in total. The molecule has 2 aromatic carbocycles. The molecule has 0 aromatic heterocycles. The van der Waals surface area contributed by atoms with Gasteiger partial charge in [-0.25, -0.2) is 0 Å². The van der Waals surface area contributed by atoms with Crippen LogP contribution in [0.2, 0.25) is 0 Å². The molecule has 3 heteroatoms. The van der Waals surface area contributed by atoms with Crippen molar-refractivity contribution in [1.82, 2.24) is 0 Å². The average molecular weight is 308 g/mol. The highest BCUT2D eigenvalue weighted by Crippen LogP contribution is 2.31. The summed E-state index contributed by atoms with van der Waals surface area (Å²) in [6.07, 6.45) is 2.73. The Morgan fingerprint density at radius 3 is 1.35 bits per heavy atom. The molecule has 0 radical (unpaired) electrons. The fraction of sp³-hybridized carbons (Fsp3) is 0.200. The molecule has 0 aliphatic heterocycles. The zero-order chi connectivity index (χ0) is 16.7. The van der Waals surface area contributed by atoms with Crippen molar-refractivity contribution in [2.24, 2.45) is 11.5 Å². The quantitative estimate of drug-likeness (QED) is 0.734. The summed E-state index contributed by atoms with van der Waals surface area (Å²) in [6, 6.07) is 19.1. The molecule has 0 spiro atoms. The average Bonchev–Trinajstić information content (AvgIpc) is 2.63. The summed E-state index contributed by atoms with van der Waals surface area (Å²) < 4.78 is 6.34. The SMILES string of the molecule is C=CC(N)C(OC(c1ccccc1)C(N)C=C)c1ccccc1. The van der Waals surface area contributed by atoms with Crippen molar-refractivity contribution in [1.29, 1.82) is 0 Å². The van der Waals surface area contributed by atoms with Crippen LogP contribution in [0, 0.1) is 0 Å². The summed E-state index contributed by atoms with van der Waals surface area (Å²) in [4.78, 5) is 0. The van der Waals surface area contributed by atoms with Crippen LogP contribution in [0.4, 0.5) is 0 Å². The molecule has 0 aliphatic rings. The lowest BCUT2D eigenvalue weighted by molar-refractivity contribution is -0.0274. The first-order valence-corrected chi connectivity index (χ1v) is 7.69. The van der Waals surface area contributed by atoms with Crippen molar-refractivity contribution in [3.05, 3.63) is 97.1 Å². The maximum absolute atomic E-state index is 6.34. The molecule has 4 unspecified atom stereocenters. The first-order chi connectivity index (χ1) is 11.2. The van der Waals surface area contributed by atoms with E-state index < -0.39 is 0 Å². The number of nitrogens with two attached hydrogens (primary N) is 2. The van der Waals surface area contributed by atoms with Crippen LogP contribution >= 0.6 is 0 Å². The molecule has 120 valence electrons. The van der Waals surface area contributed by atoms with Crippen LogP contribution < -0.4 is 11.5 Å². The van der Waals surface area contributed by atoms with Gasteiger partial charge in [0, 0.05) is 0 Å². The fourth-order valence-electron chi connectivity index (χ4n) is 2.47. The lowest BCUT2D eigenvalue weighted by Crippen LogP contribution is -2.34. The second kappa shape index (κ2) is 8.44. The lowest BCUT2D eigenvalue weighted by atomic mass is 9.99. The first kappa shape index (κ1) is 17.2. The Bertz CT molecular complexity index is 557. The maximum Gasteiger partial charge on any atom is 0.102 e. The molecular formula is C20H24N2O. The second-order valence-corrected chi connectivity index (χ2v) is 5.42. The van der Waals surface area contributed by atoms with Gasteiger partial charge in [-0.2, -0.15) is 0 Å². The van der Waals surface area contributed by atoms with Gasteiger partial charge in [0.2, 0.25) is 0 Å². The number of benzene rings is 2. The van der Waals surface area contributed by atoms with Crippen LogP contribution in [0.5, 0.6) is 0 Å². The molecule has 23 heavy (non-hydrogen) atoms. The van der Waals surface area contributed by atoms with Crippen molar-refractivity contribution in [2.45, 2.75) is 24.3 Å². The molecule has 0 heterocycles. The summed E-state index contributed by atoms with van der Waals surface area (Å²) in [7, 11) is 0. The lowest BCUT2D eigenvalue weighted by Gasteiger charge is -2.30. The van der Waals surface area contributed by atoms with E-state index in [9.17, 15) is 0 Å². The minimum Gasteiger partial charge on any atom is -0.362 e. The van der Waals surface area contributed by atoms with Crippen LogP contribution in [0.3, 0.4) is 0 Å². The maximum atomic E-state index is 6.34. The largest absolute Gasteiger partial charge is 0.362 e. The Kier molecular flexibility index (Phi) is 6.29. The Labute approximate surface area is 138 Å². The molecule has 3 nitrogen and oxygen atoms in total. The zero-order valence-corrected chi connectivity index (χ0v) is 13.2. The topological polar surface area (TPSA) is 61.3 Å².